The van der Waals surface area contributed by atoms with Gasteiger partial charge < -0.3 is 0 Å². The molecule has 0 aliphatic heterocycles. The Morgan fingerprint density at radius 2 is 1.44 bits per heavy atom. The fraction of sp³-hybridized carbons (Fsp3) is 0.647. The molecule has 0 amide bonds. The summed E-state index contributed by atoms with van der Waals surface area (Å²) in [5, 5.41) is 0. The molecule has 0 aromatic rings. The first-order valence-electron chi connectivity index (χ1n) is 13.8. The Kier molecular flexibility index (Phi) is 16.2. The number of rotatable bonds is 19. The van der Waals surface area contributed by atoms with Gasteiger partial charge in [-0.05, 0) is 102 Å². The van der Waals surface area contributed by atoms with Gasteiger partial charge in [0, 0.05) is 5.41 Å². The van der Waals surface area contributed by atoms with Gasteiger partial charge in [-0.2, -0.15) is 0 Å². The van der Waals surface area contributed by atoms with E-state index in [1.165, 1.54) is 54.4 Å². The maximum absolute atomic E-state index is 4.37. The third-order valence-electron chi connectivity index (χ3n) is 8.17. The Bertz CT molecular complexity index is 700. The van der Waals surface area contributed by atoms with Gasteiger partial charge in [0.25, 0.3) is 0 Å². The molecule has 194 valence electrons. The Morgan fingerprint density at radius 3 is 2.00 bits per heavy atom. The van der Waals surface area contributed by atoms with Gasteiger partial charge in [-0.15, -0.1) is 6.58 Å². The molecule has 0 rings (SSSR count). The van der Waals surface area contributed by atoms with E-state index in [2.05, 4.69) is 106 Å². The average molecular weight is 467 g/mol. The molecule has 0 aromatic carbocycles. The molecule has 0 aliphatic carbocycles. The smallest absolute Gasteiger partial charge is 0.00302 e. The monoisotopic (exact) mass is 466 g/mol. The first kappa shape index (κ1) is 32.4. The van der Waals surface area contributed by atoms with Crippen molar-refractivity contribution < 1.29 is 0 Å². The molecule has 0 aliphatic rings. The highest BCUT2D eigenvalue weighted by Gasteiger charge is 2.17. The molecule has 0 N–H and O–H groups in total. The van der Waals surface area contributed by atoms with Crippen LogP contribution in [0.2, 0.25) is 0 Å². The van der Waals surface area contributed by atoms with Crippen LogP contribution in [0.4, 0.5) is 0 Å². The van der Waals surface area contributed by atoms with Crippen LogP contribution in [0.25, 0.3) is 0 Å². The number of hydrogen-bond acceptors (Lipinski definition) is 0. The summed E-state index contributed by atoms with van der Waals surface area (Å²) in [6, 6.07) is 0. The highest BCUT2D eigenvalue weighted by molar-refractivity contribution is 5.09. The Morgan fingerprint density at radius 1 is 0.824 bits per heavy atom. The van der Waals surface area contributed by atoms with Gasteiger partial charge in [0.2, 0.25) is 0 Å². The highest BCUT2D eigenvalue weighted by Crippen LogP contribution is 2.31. The molecule has 0 aromatic heterocycles. The van der Waals surface area contributed by atoms with Crippen LogP contribution in [0, 0.1) is 29.1 Å². The lowest BCUT2D eigenvalue weighted by atomic mass is 9.82. The van der Waals surface area contributed by atoms with Crippen LogP contribution >= 0.6 is 0 Å². The summed E-state index contributed by atoms with van der Waals surface area (Å²) in [5.74, 6) is 2.41. The van der Waals surface area contributed by atoms with Gasteiger partial charge in [-0.1, -0.05) is 101 Å². The fourth-order valence-electron chi connectivity index (χ4n) is 4.12. The number of hydrogen-bond donors (Lipinski definition) is 0. The van der Waals surface area contributed by atoms with Crippen LogP contribution in [0.1, 0.15) is 113 Å². The van der Waals surface area contributed by atoms with E-state index in [0.29, 0.717) is 23.7 Å². The van der Waals surface area contributed by atoms with Gasteiger partial charge in [-0.25, -0.2) is 0 Å². The van der Waals surface area contributed by atoms with Gasteiger partial charge in [0.05, 0.1) is 0 Å². The van der Waals surface area contributed by atoms with Crippen LogP contribution in [0.3, 0.4) is 0 Å². The van der Waals surface area contributed by atoms with Crippen molar-refractivity contribution in [3.05, 3.63) is 72.9 Å². The first-order chi connectivity index (χ1) is 15.8. The van der Waals surface area contributed by atoms with Crippen molar-refractivity contribution in [1.82, 2.24) is 0 Å². The fourth-order valence-corrected chi connectivity index (χ4v) is 4.12. The zero-order chi connectivity index (χ0) is 26.3. The zero-order valence-corrected chi connectivity index (χ0v) is 24.3. The minimum atomic E-state index is 0.0667. The first-order valence-corrected chi connectivity index (χ1v) is 13.8. The molecule has 5 unspecified atom stereocenters. The van der Waals surface area contributed by atoms with Crippen molar-refractivity contribution in [2.24, 2.45) is 29.1 Å². The van der Waals surface area contributed by atoms with E-state index >= 15 is 0 Å². The summed E-state index contributed by atoms with van der Waals surface area (Å²) in [6.07, 6.45) is 19.7. The molecule has 0 fully saturated rings. The SMILES string of the molecule is C=CC(C)(/C=C/C(C)CCC(C)C(=C)CCC(C)C(=C)C)CCCC(=C)CCC(C)/C(C)=C/C. The quantitative estimate of drug-likeness (QED) is 0.166. The predicted octanol–water partition coefficient (Wildman–Crippen LogP) is 11.4. The Labute approximate surface area is 215 Å². The largest absolute Gasteiger partial charge is 0.102 e. The van der Waals surface area contributed by atoms with E-state index in [0.717, 1.165) is 25.7 Å². The Hall–Kier alpha value is -1.56. The van der Waals surface area contributed by atoms with Crippen LogP contribution in [0.5, 0.6) is 0 Å². The molecular formula is C34H58. The van der Waals surface area contributed by atoms with Gasteiger partial charge >= 0.3 is 0 Å². The molecule has 34 heavy (non-hydrogen) atoms. The molecule has 0 heteroatoms. The van der Waals surface area contributed by atoms with Crippen molar-refractivity contribution in [1.29, 1.82) is 0 Å². The second kappa shape index (κ2) is 17.0. The minimum Gasteiger partial charge on any atom is -0.102 e. The predicted molar refractivity (Wildman–Crippen MR) is 158 cm³/mol. The van der Waals surface area contributed by atoms with Crippen LogP contribution in [-0.4, -0.2) is 0 Å². The zero-order valence-electron chi connectivity index (χ0n) is 24.3. The van der Waals surface area contributed by atoms with Gasteiger partial charge in [0.15, 0.2) is 0 Å². The van der Waals surface area contributed by atoms with E-state index in [-0.39, 0.29) is 5.41 Å². The summed E-state index contributed by atoms with van der Waals surface area (Å²) in [7, 11) is 0. The van der Waals surface area contributed by atoms with Gasteiger partial charge in [-0.3, -0.25) is 0 Å². The maximum Gasteiger partial charge on any atom is 0.00302 e. The molecule has 0 nitrogen and oxygen atoms in total. The maximum atomic E-state index is 4.37. The van der Waals surface area contributed by atoms with E-state index in [9.17, 15) is 0 Å². The molecule has 5 atom stereocenters. The van der Waals surface area contributed by atoms with E-state index in [1.54, 1.807) is 0 Å². The second-order valence-electron chi connectivity index (χ2n) is 11.5. The minimum absolute atomic E-state index is 0.0667. The normalized spacial score (nSPS) is 17.6. The standard InChI is InChI=1S/C34H58/c1-13-29(7)31(9)19-17-27(5)16-15-24-34(12,14-2)25-23-28(6)18-20-32(10)33(11)22-21-30(8)26(3)4/h13-14,23,25,28,30-32H,2-3,5,11,15-22,24H2,1,4,6-10,12H3/b25-23+,29-13+. The Balaban J connectivity index is 4.44. The molecule has 0 radical (unpaired) electrons. The lowest BCUT2D eigenvalue weighted by Gasteiger charge is -2.23. The average Bonchev–Trinajstić information content (AvgIpc) is 2.81. The van der Waals surface area contributed by atoms with Crippen molar-refractivity contribution in [2.75, 3.05) is 0 Å². The molecular weight excluding hydrogens is 408 g/mol. The topological polar surface area (TPSA) is 0 Å². The third-order valence-corrected chi connectivity index (χ3v) is 8.17. The molecule has 0 saturated heterocycles. The van der Waals surface area contributed by atoms with Crippen molar-refractivity contribution in [3.63, 3.8) is 0 Å². The van der Waals surface area contributed by atoms with Crippen molar-refractivity contribution in [2.45, 2.75) is 113 Å². The lowest BCUT2D eigenvalue weighted by Crippen LogP contribution is -2.10. The summed E-state index contributed by atoms with van der Waals surface area (Å²) in [6.45, 7) is 35.0. The van der Waals surface area contributed by atoms with Crippen LogP contribution < -0.4 is 0 Å². The summed E-state index contributed by atoms with van der Waals surface area (Å²) < 4.78 is 0. The van der Waals surface area contributed by atoms with Crippen molar-refractivity contribution >= 4 is 0 Å². The van der Waals surface area contributed by atoms with E-state index in [4.69, 9.17) is 0 Å². The molecule has 0 spiro atoms. The summed E-state index contributed by atoms with van der Waals surface area (Å²) in [5.41, 5.74) is 5.63. The number of allylic oxidation sites excluding steroid dienone is 8. The van der Waals surface area contributed by atoms with E-state index in [1.807, 2.05) is 0 Å². The summed E-state index contributed by atoms with van der Waals surface area (Å²) in [4.78, 5) is 0. The highest BCUT2D eigenvalue weighted by atomic mass is 14.2. The third kappa shape index (κ3) is 14.0. The molecule has 0 bridgehead atoms. The van der Waals surface area contributed by atoms with Gasteiger partial charge in [0.1, 0.15) is 0 Å². The van der Waals surface area contributed by atoms with E-state index < -0.39 is 0 Å². The second-order valence-corrected chi connectivity index (χ2v) is 11.5. The summed E-state index contributed by atoms with van der Waals surface area (Å²) >= 11 is 0. The van der Waals surface area contributed by atoms with Crippen molar-refractivity contribution in [3.8, 4) is 0 Å². The molecule has 0 heterocycles. The van der Waals surface area contributed by atoms with Crippen LogP contribution in [0.15, 0.2) is 72.9 Å². The lowest BCUT2D eigenvalue weighted by molar-refractivity contribution is 0.463. The van der Waals surface area contributed by atoms with Crippen LogP contribution in [-0.2, 0) is 0 Å². The molecule has 0 saturated carbocycles.